The van der Waals surface area contributed by atoms with Crippen molar-refractivity contribution in [2.75, 3.05) is 13.2 Å². The second-order valence-electron chi connectivity index (χ2n) is 5.02. The minimum absolute atomic E-state index is 0. The predicted octanol–water partition coefficient (Wildman–Crippen LogP) is 1.93. The Bertz CT molecular complexity index is 534. The van der Waals surface area contributed by atoms with Crippen LogP contribution in [0.1, 0.15) is 26.7 Å². The zero-order valence-corrected chi connectivity index (χ0v) is 14.0. The molecule has 0 radical (unpaired) electrons. The third kappa shape index (κ3) is 4.85. The van der Waals surface area contributed by atoms with Crippen molar-refractivity contribution in [2.45, 2.75) is 43.7 Å². The summed E-state index contributed by atoms with van der Waals surface area (Å²) in [5.41, 5.74) is 0. The van der Waals surface area contributed by atoms with Gasteiger partial charge in [0, 0.05) is 12.1 Å². The molecule has 0 bridgehead atoms. The Morgan fingerprint density at radius 2 is 2.00 bits per heavy atom. The van der Waals surface area contributed by atoms with E-state index >= 15 is 0 Å². The first-order valence-corrected chi connectivity index (χ1v) is 8.50. The van der Waals surface area contributed by atoms with Crippen LogP contribution in [0.25, 0.3) is 0 Å². The Labute approximate surface area is 132 Å². The van der Waals surface area contributed by atoms with Gasteiger partial charge in [0.2, 0.25) is 10.0 Å². The van der Waals surface area contributed by atoms with Gasteiger partial charge in [-0.15, -0.1) is 12.4 Å². The van der Waals surface area contributed by atoms with Crippen LogP contribution in [0.4, 0.5) is 0 Å². The molecule has 2 N–H and O–H groups in total. The first kappa shape index (κ1) is 18.2. The van der Waals surface area contributed by atoms with Crippen molar-refractivity contribution < 1.29 is 13.2 Å². The van der Waals surface area contributed by atoms with Gasteiger partial charge in [-0.2, -0.15) is 0 Å². The molecule has 0 aromatic heterocycles. The Kier molecular flexibility index (Phi) is 6.93. The molecule has 2 rings (SSSR count). The van der Waals surface area contributed by atoms with Gasteiger partial charge in [0.05, 0.1) is 11.5 Å². The Morgan fingerprint density at radius 1 is 1.33 bits per heavy atom. The summed E-state index contributed by atoms with van der Waals surface area (Å²) in [7, 11) is -3.47. The van der Waals surface area contributed by atoms with Crippen LogP contribution in [0.5, 0.6) is 5.75 Å². The van der Waals surface area contributed by atoms with Gasteiger partial charge in [-0.25, -0.2) is 13.1 Å². The summed E-state index contributed by atoms with van der Waals surface area (Å²) in [6.07, 6.45) is 1.85. The number of nitrogens with one attached hydrogen (secondary N) is 2. The van der Waals surface area contributed by atoms with E-state index in [2.05, 4.69) is 10.0 Å². The van der Waals surface area contributed by atoms with Crippen molar-refractivity contribution in [3.05, 3.63) is 24.3 Å². The van der Waals surface area contributed by atoms with Gasteiger partial charge in [-0.3, -0.25) is 0 Å². The Hall–Kier alpha value is -0.820. The van der Waals surface area contributed by atoms with Crippen LogP contribution in [-0.4, -0.2) is 33.7 Å². The van der Waals surface area contributed by atoms with Gasteiger partial charge < -0.3 is 10.1 Å². The molecule has 1 aromatic carbocycles. The van der Waals surface area contributed by atoms with Gasteiger partial charge in [-0.1, -0.05) is 0 Å². The molecule has 120 valence electrons. The minimum Gasteiger partial charge on any atom is -0.494 e. The van der Waals surface area contributed by atoms with Crippen LogP contribution in [0.2, 0.25) is 0 Å². The number of halogens is 1. The molecular weight excluding hydrogens is 312 g/mol. The second-order valence-corrected chi connectivity index (χ2v) is 6.73. The van der Waals surface area contributed by atoms with Gasteiger partial charge in [0.15, 0.2) is 0 Å². The smallest absolute Gasteiger partial charge is 0.240 e. The molecule has 7 heteroatoms. The van der Waals surface area contributed by atoms with Crippen molar-refractivity contribution >= 4 is 22.4 Å². The zero-order valence-electron chi connectivity index (χ0n) is 12.3. The lowest BCUT2D eigenvalue weighted by Gasteiger charge is -2.30. The summed E-state index contributed by atoms with van der Waals surface area (Å²) < 4.78 is 32.8. The fourth-order valence-corrected chi connectivity index (χ4v) is 3.70. The van der Waals surface area contributed by atoms with E-state index in [9.17, 15) is 8.42 Å². The van der Waals surface area contributed by atoms with Crippen molar-refractivity contribution in [1.82, 2.24) is 10.0 Å². The van der Waals surface area contributed by atoms with Gasteiger partial charge in [-0.05, 0) is 57.5 Å². The molecule has 1 heterocycles. The van der Waals surface area contributed by atoms with Gasteiger partial charge >= 0.3 is 0 Å². The number of hydrogen-bond donors (Lipinski definition) is 2. The molecule has 1 aromatic rings. The maximum Gasteiger partial charge on any atom is 0.240 e. The lowest BCUT2D eigenvalue weighted by molar-refractivity contribution is 0.340. The summed E-state index contributed by atoms with van der Waals surface area (Å²) in [6.45, 7) is 5.41. The summed E-state index contributed by atoms with van der Waals surface area (Å²) in [5, 5.41) is 3.29. The Balaban J connectivity index is 0.00000220. The zero-order chi connectivity index (χ0) is 14.6. The topological polar surface area (TPSA) is 67.4 Å². The molecule has 1 saturated heterocycles. The number of ether oxygens (including phenoxy) is 1. The fraction of sp³-hybridized carbons (Fsp3) is 0.571. The monoisotopic (exact) mass is 334 g/mol. The van der Waals surface area contributed by atoms with E-state index in [4.69, 9.17) is 4.74 Å². The van der Waals surface area contributed by atoms with Crippen LogP contribution in [0.15, 0.2) is 29.2 Å². The molecule has 21 heavy (non-hydrogen) atoms. The Morgan fingerprint density at radius 3 is 2.57 bits per heavy atom. The fourth-order valence-electron chi connectivity index (χ4n) is 2.35. The number of rotatable bonds is 5. The maximum atomic E-state index is 12.3. The van der Waals surface area contributed by atoms with E-state index in [0.717, 1.165) is 19.4 Å². The van der Waals surface area contributed by atoms with Gasteiger partial charge in [0.1, 0.15) is 5.75 Å². The number of benzene rings is 1. The molecule has 2 atom stereocenters. The van der Waals surface area contributed by atoms with Crippen molar-refractivity contribution in [3.63, 3.8) is 0 Å². The highest BCUT2D eigenvalue weighted by atomic mass is 35.5. The summed E-state index contributed by atoms with van der Waals surface area (Å²) in [4.78, 5) is 0.277. The first-order chi connectivity index (χ1) is 9.53. The number of sulfonamides is 1. The largest absolute Gasteiger partial charge is 0.494 e. The van der Waals surface area contributed by atoms with E-state index in [1.54, 1.807) is 24.3 Å². The molecule has 0 saturated carbocycles. The molecule has 1 aliphatic heterocycles. The van der Waals surface area contributed by atoms with Crippen LogP contribution < -0.4 is 14.8 Å². The highest BCUT2D eigenvalue weighted by Crippen LogP contribution is 2.18. The molecule has 0 spiro atoms. The number of hydrogen-bond acceptors (Lipinski definition) is 4. The average molecular weight is 335 g/mol. The van der Waals surface area contributed by atoms with Crippen molar-refractivity contribution in [2.24, 2.45) is 0 Å². The van der Waals surface area contributed by atoms with Crippen LogP contribution >= 0.6 is 12.4 Å². The average Bonchev–Trinajstić information content (AvgIpc) is 2.42. The molecule has 1 aliphatic rings. The molecular formula is C14H23ClN2O3S. The molecule has 5 nitrogen and oxygen atoms in total. The highest BCUT2D eigenvalue weighted by Gasteiger charge is 2.26. The molecule has 0 aliphatic carbocycles. The summed E-state index contributed by atoms with van der Waals surface area (Å²) >= 11 is 0. The van der Waals surface area contributed by atoms with Crippen molar-refractivity contribution in [1.29, 1.82) is 0 Å². The van der Waals surface area contributed by atoms with Crippen molar-refractivity contribution in [3.8, 4) is 5.75 Å². The molecule has 1 fully saturated rings. The van der Waals surface area contributed by atoms with Crippen LogP contribution in [-0.2, 0) is 10.0 Å². The van der Waals surface area contributed by atoms with E-state index in [-0.39, 0.29) is 29.4 Å². The molecule has 0 amide bonds. The maximum absolute atomic E-state index is 12.3. The SMILES string of the molecule is CCOc1ccc(S(=O)(=O)NC2CCCNC2C)cc1.Cl. The van der Waals surface area contributed by atoms with E-state index in [1.165, 1.54) is 0 Å². The minimum atomic E-state index is -3.47. The van der Waals surface area contributed by atoms with E-state index < -0.39 is 10.0 Å². The lowest BCUT2D eigenvalue weighted by atomic mass is 10.0. The van der Waals surface area contributed by atoms with E-state index in [0.29, 0.717) is 12.4 Å². The number of piperidine rings is 1. The summed E-state index contributed by atoms with van der Waals surface area (Å²) in [6, 6.07) is 6.62. The van der Waals surface area contributed by atoms with E-state index in [1.807, 2.05) is 13.8 Å². The summed E-state index contributed by atoms with van der Waals surface area (Å²) in [5.74, 6) is 0.680. The lowest BCUT2D eigenvalue weighted by Crippen LogP contribution is -2.51. The van der Waals surface area contributed by atoms with Crippen LogP contribution in [0.3, 0.4) is 0 Å². The molecule has 2 unspecified atom stereocenters. The third-order valence-corrected chi connectivity index (χ3v) is 5.02. The standard InChI is InChI=1S/C14H22N2O3S.ClH/c1-3-19-12-6-8-13(9-7-12)20(17,18)16-14-5-4-10-15-11(14)2;/h6-9,11,14-16H,3-5,10H2,1-2H3;1H. The quantitative estimate of drug-likeness (QED) is 0.863. The predicted molar refractivity (Wildman–Crippen MR) is 85.7 cm³/mol. The van der Waals surface area contributed by atoms with Gasteiger partial charge in [0.25, 0.3) is 0 Å². The normalized spacial score (nSPS) is 22.4. The second kappa shape index (κ2) is 7.98. The van der Waals surface area contributed by atoms with Crippen LogP contribution in [0, 0.1) is 0 Å². The highest BCUT2D eigenvalue weighted by molar-refractivity contribution is 7.89. The first-order valence-electron chi connectivity index (χ1n) is 7.01. The third-order valence-electron chi connectivity index (χ3n) is 3.51.